The van der Waals surface area contributed by atoms with Crippen molar-refractivity contribution in [2.45, 2.75) is 6.92 Å². The average Bonchev–Trinajstić information content (AvgIpc) is 2.29. The third-order valence-corrected chi connectivity index (χ3v) is 1.88. The van der Waals surface area contributed by atoms with E-state index in [0.717, 1.165) is 11.3 Å². The van der Waals surface area contributed by atoms with E-state index in [0.29, 0.717) is 5.01 Å². The zero-order valence-electron chi connectivity index (χ0n) is 6.53. The largest absolute Gasteiger partial charge is 0.512 e. The molecule has 0 atom stereocenters. The summed E-state index contributed by atoms with van der Waals surface area (Å²) in [5.41, 5.74) is 0. The Morgan fingerprint density at radius 2 is 2.33 bits per heavy atom. The first-order valence-corrected chi connectivity index (χ1v) is 3.87. The number of nitrogens with zero attached hydrogens (tertiary/aromatic N) is 1. The molecule has 0 saturated heterocycles. The van der Waals surface area contributed by atoms with E-state index < -0.39 is 6.16 Å². The number of hydrogen-bond acceptors (Lipinski definition) is 5. The molecule has 12 heavy (non-hydrogen) atoms. The molecule has 0 aliphatic heterocycles. The van der Waals surface area contributed by atoms with Crippen LogP contribution < -0.4 is 9.47 Å². The maximum Gasteiger partial charge on any atom is 0.512 e. The number of thiazole rings is 1. The van der Waals surface area contributed by atoms with Crippen LogP contribution in [-0.4, -0.2) is 23.4 Å². The Kier molecular flexibility index (Phi) is 2.49. The maximum absolute atomic E-state index is 10.1. The van der Waals surface area contributed by atoms with Gasteiger partial charge >= 0.3 is 6.16 Å². The molecule has 66 valence electrons. The van der Waals surface area contributed by atoms with Gasteiger partial charge in [0.1, 0.15) is 0 Å². The molecule has 6 heteroatoms. The molecule has 0 aliphatic rings. The van der Waals surface area contributed by atoms with Gasteiger partial charge in [0.15, 0.2) is 0 Å². The Hall–Kier alpha value is -1.30. The molecule has 0 unspecified atom stereocenters. The average molecular weight is 189 g/mol. The fraction of sp³-hybridized carbons (Fsp3) is 0.333. The number of rotatable bonds is 2. The Balaban J connectivity index is 2.89. The van der Waals surface area contributed by atoms with Crippen LogP contribution in [0.15, 0.2) is 0 Å². The highest BCUT2D eigenvalue weighted by molar-refractivity contribution is 7.13. The minimum absolute atomic E-state index is 0.169. The van der Waals surface area contributed by atoms with Crippen LogP contribution >= 0.6 is 11.3 Å². The number of aryl methyl sites for hydroxylation is 1. The van der Waals surface area contributed by atoms with Gasteiger partial charge in [-0.2, -0.15) is 0 Å². The Bertz CT molecular complexity index is 296. The van der Waals surface area contributed by atoms with Crippen molar-refractivity contribution in [1.82, 2.24) is 4.98 Å². The van der Waals surface area contributed by atoms with Crippen LogP contribution in [0.5, 0.6) is 10.9 Å². The smallest absolute Gasteiger partial charge is 0.478 e. The maximum atomic E-state index is 10.1. The van der Waals surface area contributed by atoms with Crippen LogP contribution in [0.2, 0.25) is 0 Å². The first-order valence-electron chi connectivity index (χ1n) is 3.05. The molecule has 1 rings (SSSR count). The van der Waals surface area contributed by atoms with Crippen LogP contribution in [-0.2, 0) is 0 Å². The molecule has 0 bridgehead atoms. The highest BCUT2D eigenvalue weighted by atomic mass is 32.1. The zero-order chi connectivity index (χ0) is 9.14. The summed E-state index contributed by atoms with van der Waals surface area (Å²) < 4.78 is 9.18. The predicted molar refractivity (Wildman–Crippen MR) is 42.1 cm³/mol. The normalized spacial score (nSPS) is 9.50. The predicted octanol–water partition coefficient (Wildman–Crippen LogP) is 1.52. The zero-order valence-corrected chi connectivity index (χ0v) is 7.34. The Morgan fingerprint density at radius 1 is 1.67 bits per heavy atom. The lowest BCUT2D eigenvalue weighted by Crippen LogP contribution is -2.02. The highest BCUT2D eigenvalue weighted by Gasteiger charge is 2.13. The van der Waals surface area contributed by atoms with Crippen molar-refractivity contribution in [1.29, 1.82) is 0 Å². The number of carbonyl (C=O) groups is 1. The SMILES string of the molecule is COc1nc(C)sc1OC(=O)O. The molecule has 5 nitrogen and oxygen atoms in total. The molecular weight excluding hydrogens is 182 g/mol. The molecule has 1 aromatic heterocycles. The first-order chi connectivity index (χ1) is 5.63. The molecule has 0 aromatic carbocycles. The summed E-state index contributed by atoms with van der Waals surface area (Å²) in [5.74, 6) is 0.208. The number of methoxy groups -OCH3 is 1. The van der Waals surface area contributed by atoms with Crippen LogP contribution in [0.3, 0.4) is 0 Å². The minimum atomic E-state index is -1.36. The van der Waals surface area contributed by atoms with Gasteiger partial charge in [-0.1, -0.05) is 11.3 Å². The standard InChI is InChI=1S/C6H7NO4S/c1-3-7-4(10-2)5(12-3)11-6(8)9/h1-2H3,(H,8,9). The first kappa shape index (κ1) is 8.79. The summed E-state index contributed by atoms with van der Waals surface area (Å²) >= 11 is 1.13. The van der Waals surface area contributed by atoms with E-state index in [4.69, 9.17) is 9.84 Å². The van der Waals surface area contributed by atoms with Crippen molar-refractivity contribution in [2.75, 3.05) is 7.11 Å². The van der Waals surface area contributed by atoms with Crippen molar-refractivity contribution < 1.29 is 19.4 Å². The van der Waals surface area contributed by atoms with E-state index in [-0.39, 0.29) is 10.9 Å². The van der Waals surface area contributed by atoms with Gasteiger partial charge in [-0.25, -0.2) is 9.78 Å². The van der Waals surface area contributed by atoms with Gasteiger partial charge in [0, 0.05) is 0 Å². The number of carboxylic acid groups (broad SMARTS) is 1. The lowest BCUT2D eigenvalue weighted by Gasteiger charge is -1.96. The minimum Gasteiger partial charge on any atom is -0.478 e. The van der Waals surface area contributed by atoms with E-state index in [1.807, 2.05) is 0 Å². The van der Waals surface area contributed by atoms with E-state index in [9.17, 15) is 4.79 Å². The molecule has 0 aliphatic carbocycles. The van der Waals surface area contributed by atoms with E-state index in [1.165, 1.54) is 7.11 Å². The second kappa shape index (κ2) is 3.40. The van der Waals surface area contributed by atoms with Gasteiger partial charge in [0.2, 0.25) is 0 Å². The van der Waals surface area contributed by atoms with Gasteiger partial charge in [-0.05, 0) is 6.92 Å². The third-order valence-electron chi connectivity index (χ3n) is 1.05. The molecule has 1 aromatic rings. The van der Waals surface area contributed by atoms with E-state index in [2.05, 4.69) is 9.72 Å². The van der Waals surface area contributed by atoms with Gasteiger partial charge in [-0.15, -0.1) is 0 Å². The van der Waals surface area contributed by atoms with Gasteiger partial charge < -0.3 is 14.6 Å². The molecule has 0 amide bonds. The summed E-state index contributed by atoms with van der Waals surface area (Å²) in [5, 5.41) is 9.16. The quantitative estimate of drug-likeness (QED) is 0.714. The lowest BCUT2D eigenvalue weighted by molar-refractivity contribution is 0.144. The van der Waals surface area contributed by atoms with Crippen molar-refractivity contribution >= 4 is 17.5 Å². The molecule has 0 saturated carbocycles. The summed E-state index contributed by atoms with van der Waals surface area (Å²) in [4.78, 5) is 14.0. The molecule has 0 fully saturated rings. The Labute approximate surface area is 72.6 Å². The van der Waals surface area contributed by atoms with Gasteiger partial charge in [0.05, 0.1) is 12.1 Å². The number of ether oxygens (including phenoxy) is 2. The number of hydrogen-bond donors (Lipinski definition) is 1. The molecule has 1 N–H and O–H groups in total. The Morgan fingerprint density at radius 3 is 2.83 bits per heavy atom. The summed E-state index contributed by atoms with van der Waals surface area (Å²) in [7, 11) is 1.41. The molecular formula is C6H7NO4S. The monoisotopic (exact) mass is 189 g/mol. The molecule has 1 heterocycles. The topological polar surface area (TPSA) is 68.7 Å². The van der Waals surface area contributed by atoms with Crippen molar-refractivity contribution in [3.05, 3.63) is 5.01 Å². The van der Waals surface area contributed by atoms with Gasteiger partial charge in [0.25, 0.3) is 10.9 Å². The van der Waals surface area contributed by atoms with Crippen LogP contribution in [0.1, 0.15) is 5.01 Å². The molecule has 0 radical (unpaired) electrons. The van der Waals surface area contributed by atoms with Gasteiger partial charge in [-0.3, -0.25) is 0 Å². The fourth-order valence-electron chi connectivity index (χ4n) is 0.662. The van der Waals surface area contributed by atoms with Crippen molar-refractivity contribution in [2.24, 2.45) is 0 Å². The second-order valence-corrected chi connectivity index (χ2v) is 3.06. The fourth-order valence-corrected chi connectivity index (χ4v) is 1.39. The lowest BCUT2D eigenvalue weighted by atomic mass is 10.8. The molecule has 0 spiro atoms. The van der Waals surface area contributed by atoms with Crippen LogP contribution in [0.4, 0.5) is 4.79 Å². The second-order valence-electron chi connectivity index (χ2n) is 1.90. The van der Waals surface area contributed by atoms with E-state index >= 15 is 0 Å². The van der Waals surface area contributed by atoms with E-state index in [1.54, 1.807) is 6.92 Å². The van der Waals surface area contributed by atoms with Crippen molar-refractivity contribution in [3.63, 3.8) is 0 Å². The van der Waals surface area contributed by atoms with Crippen LogP contribution in [0.25, 0.3) is 0 Å². The van der Waals surface area contributed by atoms with Crippen LogP contribution in [0, 0.1) is 6.92 Å². The summed E-state index contributed by atoms with van der Waals surface area (Å²) in [6.07, 6.45) is -1.36. The summed E-state index contributed by atoms with van der Waals surface area (Å²) in [6.45, 7) is 1.74. The third kappa shape index (κ3) is 1.85. The van der Waals surface area contributed by atoms with Crippen molar-refractivity contribution in [3.8, 4) is 10.9 Å². The number of aromatic nitrogens is 1. The summed E-state index contributed by atoms with van der Waals surface area (Å²) in [6, 6.07) is 0. The highest BCUT2D eigenvalue weighted by Crippen LogP contribution is 2.33.